The summed E-state index contributed by atoms with van der Waals surface area (Å²) in [6.07, 6.45) is 12.5. The number of ketones is 1. The Bertz CT molecular complexity index is 1680. The standard InChI is InChI=1S/C40H50FN3O3/c1-39-16-14-33-29(11-9-26-8-10-28(45)22-40(26,33)2)32(39)12-13-35(39)47-19-3-17-42-23-24-4-6-25(7-5-24)37-30-15-18-43-38(46)31-20-27(41)21-34(44-37)36(30)31/h4-7,20-21,26,29,32-33,35,42,44H,3,8-19,22-23H2,1-2H3,(H,43,46)/t26-,29+,32+,33+,35?,39+,40+/m1/s1. The van der Waals surface area contributed by atoms with Crippen LogP contribution in [0, 0.1) is 40.3 Å². The van der Waals surface area contributed by atoms with Gasteiger partial charge >= 0.3 is 0 Å². The van der Waals surface area contributed by atoms with E-state index in [1.54, 1.807) is 0 Å². The minimum atomic E-state index is -0.407. The summed E-state index contributed by atoms with van der Waals surface area (Å²) in [5, 5.41) is 7.33. The lowest BCUT2D eigenvalue weighted by atomic mass is 9.45. The quantitative estimate of drug-likeness (QED) is 0.220. The molecule has 4 saturated carbocycles. The first-order valence-corrected chi connectivity index (χ1v) is 18.3. The largest absolute Gasteiger partial charge is 0.378 e. The summed E-state index contributed by atoms with van der Waals surface area (Å²) < 4.78 is 20.9. The fourth-order valence-electron chi connectivity index (χ4n) is 11.2. The Hall–Kier alpha value is -3.03. The molecular formula is C40H50FN3O3. The first-order valence-electron chi connectivity index (χ1n) is 18.3. The first-order chi connectivity index (χ1) is 22.7. The smallest absolute Gasteiger partial charge is 0.252 e. The van der Waals surface area contributed by atoms with Crippen molar-refractivity contribution in [1.82, 2.24) is 15.6 Å². The number of fused-ring (bicyclic) bond motifs is 5. The molecule has 6 nitrogen and oxygen atoms in total. The Morgan fingerprint density at radius 1 is 0.957 bits per heavy atom. The average molecular weight is 640 g/mol. The Morgan fingerprint density at radius 3 is 2.64 bits per heavy atom. The van der Waals surface area contributed by atoms with Crippen molar-refractivity contribution in [2.75, 3.05) is 19.7 Å². The molecule has 0 bridgehead atoms. The summed E-state index contributed by atoms with van der Waals surface area (Å²) in [5.41, 5.74) is 5.88. The van der Waals surface area contributed by atoms with Gasteiger partial charge in [0.05, 0.1) is 11.7 Å². The molecule has 250 valence electrons. The molecule has 47 heavy (non-hydrogen) atoms. The zero-order valence-electron chi connectivity index (χ0n) is 28.1. The fourth-order valence-corrected chi connectivity index (χ4v) is 11.2. The minimum absolute atomic E-state index is 0.218. The lowest BCUT2D eigenvalue weighted by Crippen LogP contribution is -2.54. The number of H-pyrrole nitrogens is 1. The van der Waals surface area contributed by atoms with Crippen LogP contribution in [0.1, 0.15) is 99.5 Å². The van der Waals surface area contributed by atoms with Crippen LogP contribution in [0.5, 0.6) is 0 Å². The van der Waals surface area contributed by atoms with Crippen molar-refractivity contribution in [1.29, 1.82) is 0 Å². The van der Waals surface area contributed by atoms with E-state index in [9.17, 15) is 14.0 Å². The van der Waals surface area contributed by atoms with E-state index in [-0.39, 0.29) is 16.7 Å². The molecule has 7 heteroatoms. The van der Waals surface area contributed by atoms with Gasteiger partial charge in [0.2, 0.25) is 0 Å². The normalized spacial score (nSPS) is 33.2. The molecule has 3 aromatic rings. The fraction of sp³-hybridized carbons (Fsp3) is 0.600. The van der Waals surface area contributed by atoms with Gasteiger partial charge in [-0.15, -0.1) is 0 Å². The van der Waals surface area contributed by atoms with Crippen LogP contribution in [0.15, 0.2) is 36.4 Å². The molecule has 4 aliphatic carbocycles. The maximum atomic E-state index is 14.3. The van der Waals surface area contributed by atoms with Crippen LogP contribution >= 0.6 is 0 Å². The van der Waals surface area contributed by atoms with Crippen LogP contribution in [0.2, 0.25) is 0 Å². The van der Waals surface area contributed by atoms with Gasteiger partial charge in [0.15, 0.2) is 0 Å². The highest BCUT2D eigenvalue weighted by Crippen LogP contribution is 2.66. The number of benzene rings is 2. The van der Waals surface area contributed by atoms with Crippen molar-refractivity contribution in [3.63, 3.8) is 0 Å². The number of aromatic nitrogens is 1. The number of rotatable bonds is 8. The third-order valence-electron chi connectivity index (χ3n) is 13.6. The number of carbonyl (C=O) groups is 2. The lowest BCUT2D eigenvalue weighted by molar-refractivity contribution is -0.147. The molecule has 1 unspecified atom stereocenters. The van der Waals surface area contributed by atoms with Crippen LogP contribution < -0.4 is 10.6 Å². The Kier molecular flexibility index (Phi) is 8.07. The molecule has 2 heterocycles. The number of nitrogens with one attached hydrogen (secondary N) is 3. The highest BCUT2D eigenvalue weighted by Gasteiger charge is 2.60. The summed E-state index contributed by atoms with van der Waals surface area (Å²) in [5.74, 6) is 2.88. The second kappa shape index (κ2) is 12.1. The van der Waals surface area contributed by atoms with Crippen molar-refractivity contribution in [3.05, 3.63) is 58.9 Å². The summed E-state index contributed by atoms with van der Waals surface area (Å²) in [6.45, 7) is 8.03. The number of amides is 1. The van der Waals surface area contributed by atoms with E-state index in [4.69, 9.17) is 4.74 Å². The predicted octanol–water partition coefficient (Wildman–Crippen LogP) is 7.74. The number of halogens is 1. The molecule has 1 amide bonds. The number of hydrogen-bond acceptors (Lipinski definition) is 4. The maximum absolute atomic E-state index is 14.3. The van der Waals surface area contributed by atoms with Gasteiger partial charge in [0, 0.05) is 49.1 Å². The third kappa shape index (κ3) is 5.36. The number of carbonyl (C=O) groups excluding carboxylic acids is 2. The van der Waals surface area contributed by atoms with Crippen molar-refractivity contribution in [3.8, 4) is 11.3 Å². The zero-order chi connectivity index (χ0) is 32.3. The molecular weight excluding hydrogens is 589 g/mol. The van der Waals surface area contributed by atoms with E-state index >= 15 is 0 Å². The number of Topliss-reactive ketones (excluding diaryl/α,β-unsaturated/α-hetero) is 1. The predicted molar refractivity (Wildman–Crippen MR) is 183 cm³/mol. The monoisotopic (exact) mass is 639 g/mol. The van der Waals surface area contributed by atoms with Gasteiger partial charge in [-0.3, -0.25) is 9.59 Å². The van der Waals surface area contributed by atoms with Crippen LogP contribution in [0.3, 0.4) is 0 Å². The molecule has 3 N–H and O–H groups in total. The second-order valence-corrected chi connectivity index (χ2v) is 16.0. The van der Waals surface area contributed by atoms with Crippen molar-refractivity contribution < 1.29 is 18.7 Å². The molecule has 1 aromatic heterocycles. The summed E-state index contributed by atoms with van der Waals surface area (Å²) in [6, 6.07) is 11.3. The summed E-state index contributed by atoms with van der Waals surface area (Å²) in [4.78, 5) is 28.4. The molecule has 0 radical (unpaired) electrons. The van der Waals surface area contributed by atoms with E-state index in [0.717, 1.165) is 91.3 Å². The van der Waals surface area contributed by atoms with Crippen LogP contribution in [-0.2, 0) is 22.5 Å². The SMILES string of the molecule is C[C@]12CC(=O)CC[C@@H]1CC[C@@H]1[C@@H]2CC[C@]2(C)C(OCCCNCc3ccc(-c4[nH]c5cc(F)cc6c5c4CCNC6=O)cc3)CC[C@@H]12. The van der Waals surface area contributed by atoms with E-state index in [1.807, 2.05) is 0 Å². The maximum Gasteiger partial charge on any atom is 0.252 e. The Balaban J connectivity index is 0.830. The molecule has 8 rings (SSSR count). The number of ether oxygens (including phenoxy) is 1. The minimum Gasteiger partial charge on any atom is -0.378 e. The molecule has 0 spiro atoms. The number of aromatic amines is 1. The molecule has 2 aromatic carbocycles. The molecule has 4 fully saturated rings. The highest BCUT2D eigenvalue weighted by atomic mass is 19.1. The van der Waals surface area contributed by atoms with Crippen molar-refractivity contribution in [2.45, 2.75) is 97.1 Å². The molecule has 0 saturated heterocycles. The highest BCUT2D eigenvalue weighted by molar-refractivity contribution is 6.10. The van der Waals surface area contributed by atoms with Gasteiger partial charge in [-0.25, -0.2) is 4.39 Å². The van der Waals surface area contributed by atoms with Gasteiger partial charge in [0.1, 0.15) is 11.6 Å². The molecule has 5 aliphatic rings. The van der Waals surface area contributed by atoms with Gasteiger partial charge in [0.25, 0.3) is 5.91 Å². The average Bonchev–Trinajstić information content (AvgIpc) is 3.53. The van der Waals surface area contributed by atoms with Gasteiger partial charge in [-0.2, -0.15) is 0 Å². The van der Waals surface area contributed by atoms with E-state index in [0.29, 0.717) is 35.9 Å². The van der Waals surface area contributed by atoms with E-state index < -0.39 is 5.82 Å². The summed E-state index contributed by atoms with van der Waals surface area (Å²) >= 11 is 0. The molecule has 1 aliphatic heterocycles. The van der Waals surface area contributed by atoms with Crippen LogP contribution in [0.4, 0.5) is 4.39 Å². The Morgan fingerprint density at radius 2 is 1.79 bits per heavy atom. The lowest BCUT2D eigenvalue weighted by Gasteiger charge is -2.60. The van der Waals surface area contributed by atoms with Crippen molar-refractivity contribution in [2.24, 2.45) is 34.5 Å². The van der Waals surface area contributed by atoms with Crippen molar-refractivity contribution >= 4 is 22.6 Å². The first kappa shape index (κ1) is 31.3. The van der Waals surface area contributed by atoms with Gasteiger partial charge in [-0.05, 0) is 128 Å². The summed E-state index contributed by atoms with van der Waals surface area (Å²) in [7, 11) is 0. The molecule has 7 atom stereocenters. The van der Waals surface area contributed by atoms with E-state index in [2.05, 4.69) is 53.7 Å². The topological polar surface area (TPSA) is 83.2 Å². The third-order valence-corrected chi connectivity index (χ3v) is 13.6. The van der Waals surface area contributed by atoms with Crippen LogP contribution in [-0.4, -0.2) is 42.5 Å². The van der Waals surface area contributed by atoms with Gasteiger partial charge in [-0.1, -0.05) is 38.1 Å². The van der Waals surface area contributed by atoms with Gasteiger partial charge < -0.3 is 20.4 Å². The zero-order valence-corrected chi connectivity index (χ0v) is 28.1. The van der Waals surface area contributed by atoms with Crippen LogP contribution in [0.25, 0.3) is 22.2 Å². The Labute approximate surface area is 278 Å². The van der Waals surface area contributed by atoms with E-state index in [1.165, 1.54) is 56.2 Å². The number of hydrogen-bond donors (Lipinski definition) is 3. The second-order valence-electron chi connectivity index (χ2n) is 16.0.